The Morgan fingerprint density at radius 2 is 1.90 bits per heavy atom. The van der Waals surface area contributed by atoms with Crippen molar-refractivity contribution in [3.8, 4) is 11.5 Å². The molecular formula is C17H18INO2. The summed E-state index contributed by atoms with van der Waals surface area (Å²) >= 11 is 2.09. The zero-order valence-corrected chi connectivity index (χ0v) is 14.3. The second kappa shape index (κ2) is 7.45. The van der Waals surface area contributed by atoms with Gasteiger partial charge in [-0.05, 0) is 71.3 Å². The largest absolute Gasteiger partial charge is 0.504 e. The van der Waals surface area contributed by atoms with Gasteiger partial charge in [0, 0.05) is 6.21 Å². The quantitative estimate of drug-likeness (QED) is 0.589. The highest BCUT2D eigenvalue weighted by atomic mass is 127. The Morgan fingerprint density at radius 3 is 2.52 bits per heavy atom. The van der Waals surface area contributed by atoms with Gasteiger partial charge in [-0.3, -0.25) is 4.99 Å². The van der Waals surface area contributed by atoms with Crippen molar-refractivity contribution >= 4 is 34.5 Å². The highest BCUT2D eigenvalue weighted by Crippen LogP contribution is 2.32. The Balaban J connectivity index is 2.23. The van der Waals surface area contributed by atoms with E-state index in [1.165, 1.54) is 5.56 Å². The average molecular weight is 395 g/mol. The van der Waals surface area contributed by atoms with E-state index in [9.17, 15) is 5.11 Å². The fraction of sp³-hybridized carbons (Fsp3) is 0.235. The van der Waals surface area contributed by atoms with Gasteiger partial charge >= 0.3 is 0 Å². The molecule has 2 aromatic rings. The molecule has 0 fully saturated rings. The van der Waals surface area contributed by atoms with Crippen LogP contribution in [0.3, 0.4) is 0 Å². The van der Waals surface area contributed by atoms with Crippen molar-refractivity contribution in [3.63, 3.8) is 0 Å². The Morgan fingerprint density at radius 1 is 1.19 bits per heavy atom. The topological polar surface area (TPSA) is 41.8 Å². The molecular weight excluding hydrogens is 377 g/mol. The lowest BCUT2D eigenvalue weighted by atomic mass is 10.1. The Bertz CT molecular complexity index is 636. The molecule has 0 heterocycles. The van der Waals surface area contributed by atoms with Gasteiger partial charge in [0.1, 0.15) is 0 Å². The molecule has 0 aromatic heterocycles. The van der Waals surface area contributed by atoms with Gasteiger partial charge in [-0.2, -0.15) is 0 Å². The molecule has 0 aliphatic rings. The normalized spacial score (nSPS) is 11.0. The second-order valence-electron chi connectivity index (χ2n) is 4.56. The number of rotatable bonds is 5. The van der Waals surface area contributed by atoms with E-state index in [0.717, 1.165) is 21.2 Å². The van der Waals surface area contributed by atoms with E-state index in [4.69, 9.17) is 4.74 Å². The lowest BCUT2D eigenvalue weighted by Crippen LogP contribution is -1.95. The van der Waals surface area contributed by atoms with Gasteiger partial charge in [-0.1, -0.05) is 19.1 Å². The smallest absolute Gasteiger partial charge is 0.171 e. The first-order chi connectivity index (χ1) is 10.1. The van der Waals surface area contributed by atoms with Crippen LogP contribution in [0.1, 0.15) is 25.0 Å². The molecule has 0 radical (unpaired) electrons. The number of nitrogens with zero attached hydrogens (tertiary/aromatic N) is 1. The first-order valence-corrected chi connectivity index (χ1v) is 8.00. The van der Waals surface area contributed by atoms with Gasteiger partial charge < -0.3 is 9.84 Å². The molecule has 110 valence electrons. The van der Waals surface area contributed by atoms with Crippen LogP contribution in [0.15, 0.2) is 41.4 Å². The minimum absolute atomic E-state index is 0.182. The number of ether oxygens (including phenoxy) is 1. The zero-order chi connectivity index (χ0) is 15.2. The van der Waals surface area contributed by atoms with E-state index in [2.05, 4.69) is 46.6 Å². The third-order valence-electron chi connectivity index (χ3n) is 3.06. The molecule has 0 spiro atoms. The van der Waals surface area contributed by atoms with Crippen molar-refractivity contribution in [1.29, 1.82) is 0 Å². The molecule has 21 heavy (non-hydrogen) atoms. The molecule has 0 saturated heterocycles. The molecule has 2 aromatic carbocycles. The number of aryl methyl sites for hydroxylation is 1. The van der Waals surface area contributed by atoms with Gasteiger partial charge in [0.2, 0.25) is 0 Å². The molecule has 3 nitrogen and oxygen atoms in total. The number of aromatic hydroxyl groups is 1. The Hall–Kier alpha value is -1.56. The van der Waals surface area contributed by atoms with Crippen molar-refractivity contribution in [2.75, 3.05) is 6.61 Å². The summed E-state index contributed by atoms with van der Waals surface area (Å²) in [5, 5.41) is 9.92. The predicted molar refractivity (Wildman–Crippen MR) is 95.1 cm³/mol. The first-order valence-electron chi connectivity index (χ1n) is 6.92. The average Bonchev–Trinajstić information content (AvgIpc) is 2.50. The maximum absolute atomic E-state index is 9.92. The maximum Gasteiger partial charge on any atom is 0.171 e. The van der Waals surface area contributed by atoms with Crippen molar-refractivity contribution in [2.24, 2.45) is 4.99 Å². The Labute approximate surface area is 138 Å². The minimum atomic E-state index is 0.182. The summed E-state index contributed by atoms with van der Waals surface area (Å²) in [6.45, 7) is 4.54. The summed E-state index contributed by atoms with van der Waals surface area (Å²) in [5.41, 5.74) is 3.11. The zero-order valence-electron chi connectivity index (χ0n) is 12.1. The molecule has 0 aliphatic heterocycles. The minimum Gasteiger partial charge on any atom is -0.504 e. The molecule has 0 unspecified atom stereocenters. The maximum atomic E-state index is 9.92. The van der Waals surface area contributed by atoms with Gasteiger partial charge in [-0.25, -0.2) is 0 Å². The molecule has 0 atom stereocenters. The Kier molecular flexibility index (Phi) is 5.61. The fourth-order valence-electron chi connectivity index (χ4n) is 1.90. The lowest BCUT2D eigenvalue weighted by Gasteiger charge is -2.08. The van der Waals surface area contributed by atoms with E-state index in [-0.39, 0.29) is 5.75 Å². The van der Waals surface area contributed by atoms with Crippen LogP contribution < -0.4 is 4.74 Å². The van der Waals surface area contributed by atoms with Crippen LogP contribution in [-0.4, -0.2) is 17.9 Å². The van der Waals surface area contributed by atoms with E-state index in [1.54, 1.807) is 12.3 Å². The van der Waals surface area contributed by atoms with Crippen LogP contribution in [0, 0.1) is 3.57 Å². The van der Waals surface area contributed by atoms with E-state index < -0.39 is 0 Å². The number of hydrogen-bond donors (Lipinski definition) is 1. The van der Waals surface area contributed by atoms with Gasteiger partial charge in [-0.15, -0.1) is 0 Å². The number of hydrogen-bond acceptors (Lipinski definition) is 3. The lowest BCUT2D eigenvalue weighted by molar-refractivity contribution is 0.317. The molecule has 0 saturated carbocycles. The van der Waals surface area contributed by atoms with E-state index >= 15 is 0 Å². The molecule has 0 bridgehead atoms. The van der Waals surface area contributed by atoms with Crippen LogP contribution in [0.5, 0.6) is 11.5 Å². The number of halogens is 1. The van der Waals surface area contributed by atoms with Crippen LogP contribution in [-0.2, 0) is 6.42 Å². The summed E-state index contributed by atoms with van der Waals surface area (Å²) in [7, 11) is 0. The molecule has 0 aliphatic carbocycles. The summed E-state index contributed by atoms with van der Waals surface area (Å²) < 4.78 is 6.18. The second-order valence-corrected chi connectivity index (χ2v) is 5.72. The summed E-state index contributed by atoms with van der Waals surface area (Å²) in [5.74, 6) is 0.675. The third-order valence-corrected chi connectivity index (χ3v) is 3.88. The third kappa shape index (κ3) is 4.20. The summed E-state index contributed by atoms with van der Waals surface area (Å²) in [6, 6.07) is 11.8. The summed E-state index contributed by atoms with van der Waals surface area (Å²) in [6.07, 6.45) is 2.81. The number of benzene rings is 2. The van der Waals surface area contributed by atoms with Gasteiger partial charge in [0.05, 0.1) is 15.9 Å². The van der Waals surface area contributed by atoms with Crippen molar-refractivity contribution < 1.29 is 9.84 Å². The molecule has 2 rings (SSSR count). The van der Waals surface area contributed by atoms with E-state index in [0.29, 0.717) is 12.4 Å². The standard InChI is InChI=1S/C17H18INO2/c1-3-12-5-7-14(8-6-12)19-11-13-9-15(18)17(20)16(10-13)21-4-2/h5-11,20H,3-4H2,1-2H3. The van der Waals surface area contributed by atoms with Crippen LogP contribution in [0.4, 0.5) is 5.69 Å². The monoisotopic (exact) mass is 395 g/mol. The van der Waals surface area contributed by atoms with E-state index in [1.807, 2.05) is 25.1 Å². The van der Waals surface area contributed by atoms with Gasteiger partial charge in [0.25, 0.3) is 0 Å². The number of phenols is 1. The SMILES string of the molecule is CCOc1cc(C=Nc2ccc(CC)cc2)cc(I)c1O. The van der Waals surface area contributed by atoms with Crippen LogP contribution >= 0.6 is 22.6 Å². The van der Waals surface area contributed by atoms with Crippen molar-refractivity contribution in [3.05, 3.63) is 51.1 Å². The van der Waals surface area contributed by atoms with Gasteiger partial charge in [0.15, 0.2) is 11.5 Å². The highest BCUT2D eigenvalue weighted by Gasteiger charge is 2.08. The summed E-state index contributed by atoms with van der Waals surface area (Å²) in [4.78, 5) is 4.46. The number of aliphatic imine (C=N–C) groups is 1. The van der Waals surface area contributed by atoms with Crippen LogP contribution in [0.2, 0.25) is 0 Å². The predicted octanol–water partition coefficient (Wildman–Crippen LogP) is 4.71. The molecule has 0 amide bonds. The first kappa shape index (κ1) is 15.8. The fourth-order valence-corrected chi connectivity index (χ4v) is 2.53. The molecule has 4 heteroatoms. The van der Waals surface area contributed by atoms with Crippen molar-refractivity contribution in [1.82, 2.24) is 0 Å². The van der Waals surface area contributed by atoms with Crippen molar-refractivity contribution in [2.45, 2.75) is 20.3 Å². The number of phenolic OH excluding ortho intramolecular Hbond substituents is 1. The molecule has 1 N–H and O–H groups in total. The van der Waals surface area contributed by atoms with Crippen LogP contribution in [0.25, 0.3) is 0 Å². The highest BCUT2D eigenvalue weighted by molar-refractivity contribution is 14.1.